The number of halogens is 3. The van der Waals surface area contributed by atoms with Crippen LogP contribution in [0.25, 0.3) is 64.2 Å². The molecule has 0 spiro atoms. The van der Waals surface area contributed by atoms with Crippen LogP contribution in [0.4, 0.5) is 0 Å². The summed E-state index contributed by atoms with van der Waals surface area (Å²) in [6, 6.07) is 22.2. The number of carbonyl (C=O) groups is 1. The summed E-state index contributed by atoms with van der Waals surface area (Å²) in [6.45, 7) is 4.96. The zero-order valence-corrected chi connectivity index (χ0v) is 51.4. The number of thiophene rings is 3. The molecule has 0 bridgehead atoms. The van der Waals surface area contributed by atoms with E-state index in [1.807, 2.05) is 94.8 Å². The molecule has 14 heterocycles. The van der Waals surface area contributed by atoms with Gasteiger partial charge in [0.1, 0.15) is 23.6 Å². The maximum absolute atomic E-state index is 13.3. The molecule has 16 nitrogen and oxygen atoms in total. The summed E-state index contributed by atoms with van der Waals surface area (Å²) in [5.74, 6) is 4.19. The molecule has 17 rings (SSSR count). The zero-order chi connectivity index (χ0) is 58.2. The Kier molecular flexibility index (Phi) is 15.0. The fourth-order valence-electron chi connectivity index (χ4n) is 12.7. The van der Waals surface area contributed by atoms with Crippen LogP contribution in [0.15, 0.2) is 111 Å². The maximum atomic E-state index is 13.3. The van der Waals surface area contributed by atoms with Gasteiger partial charge in [-0.3, -0.25) is 14.8 Å². The number of hydrogen-bond acceptors (Lipinski definition) is 18. The standard InChI is InChI=1S/C23H24ClN3O2S.C21H16ClN3O2S.C20H15ClN4O2S/c1-26(2)16-4-3-8-27(13-16)23(28)20-11-14-10-15(24)12-18(21(14)29-20)17-5-7-25-19-6-9-30-22(17)19;22-12-7-11-8-18(20-15-10-23-4-2-16(15)25-27-20)26-19(11)14(9-12)13-1-5-24-17-3-6-28-21(13)17;21-11-5-10-6-16(19-13-8-22-3-1-14(13)25-27-19)26-18(10)12(7-11)17-20-15(2-4-28-20)23-9-24-17/h5-7,9-10,12,16,20H,3-4,8,11,13H2,1-2H3;1,3,5-7,9,18,23H,2,4,8,10H2;2,4-5,7,9,16,22H,1,3,6,8H2. The lowest BCUT2D eigenvalue weighted by Crippen LogP contribution is -2.51. The number of likely N-dealkylation sites (tertiary alicyclic amines) is 1. The Morgan fingerprint density at radius 1 is 0.605 bits per heavy atom. The van der Waals surface area contributed by atoms with Crippen LogP contribution in [0.5, 0.6) is 17.2 Å². The van der Waals surface area contributed by atoms with Gasteiger partial charge in [-0.25, -0.2) is 9.97 Å². The lowest BCUT2D eigenvalue weighted by molar-refractivity contribution is -0.139. The van der Waals surface area contributed by atoms with Crippen molar-refractivity contribution in [3.63, 3.8) is 0 Å². The molecule has 1 fully saturated rings. The summed E-state index contributed by atoms with van der Waals surface area (Å²) in [5.41, 5.74) is 16.2. The number of rotatable bonds is 7. The molecule has 1 amide bonds. The number of piperidine rings is 1. The lowest BCUT2D eigenvalue weighted by Gasteiger charge is -2.37. The predicted molar refractivity (Wildman–Crippen MR) is 337 cm³/mol. The van der Waals surface area contributed by atoms with Gasteiger partial charge in [0.15, 0.2) is 29.8 Å². The molecule has 436 valence electrons. The lowest BCUT2D eigenvalue weighted by atomic mass is 9.99. The van der Waals surface area contributed by atoms with Gasteiger partial charge >= 0.3 is 0 Å². The monoisotopic (exact) mass is 1260 g/mol. The second kappa shape index (κ2) is 23.2. The smallest absolute Gasteiger partial charge is 0.264 e. The largest absolute Gasteiger partial charge is 0.481 e. The van der Waals surface area contributed by atoms with Crippen LogP contribution in [-0.2, 0) is 50.0 Å². The van der Waals surface area contributed by atoms with E-state index in [0.29, 0.717) is 34.0 Å². The molecule has 0 saturated carbocycles. The van der Waals surface area contributed by atoms with E-state index in [9.17, 15) is 4.79 Å². The molecule has 6 aliphatic rings. The molecule has 4 atom stereocenters. The van der Waals surface area contributed by atoms with Gasteiger partial charge in [0.2, 0.25) is 0 Å². The van der Waals surface area contributed by atoms with Crippen LogP contribution >= 0.6 is 68.8 Å². The van der Waals surface area contributed by atoms with Crippen molar-refractivity contribution in [1.82, 2.24) is 50.7 Å². The van der Waals surface area contributed by atoms with Crippen molar-refractivity contribution in [2.24, 2.45) is 0 Å². The molecule has 0 aliphatic carbocycles. The Hall–Kier alpha value is -7.04. The van der Waals surface area contributed by atoms with Crippen molar-refractivity contribution in [2.75, 3.05) is 40.3 Å². The molecule has 11 aromatic rings. The third-order valence-electron chi connectivity index (χ3n) is 16.9. The van der Waals surface area contributed by atoms with Crippen molar-refractivity contribution in [3.8, 4) is 50.8 Å². The first-order chi connectivity index (χ1) is 42.1. The van der Waals surface area contributed by atoms with E-state index >= 15 is 0 Å². The normalized spacial score (nSPS) is 19.2. The van der Waals surface area contributed by atoms with Gasteiger partial charge < -0.3 is 43.7 Å². The summed E-state index contributed by atoms with van der Waals surface area (Å²) in [6.07, 6.45) is 10.3. The van der Waals surface area contributed by atoms with Crippen LogP contribution in [-0.4, -0.2) is 98.4 Å². The number of nitrogens with one attached hydrogen (secondary N) is 2. The number of fused-ring (bicyclic) bond motifs is 8. The van der Waals surface area contributed by atoms with Crippen molar-refractivity contribution >= 4 is 105 Å². The maximum Gasteiger partial charge on any atom is 0.264 e. The van der Waals surface area contributed by atoms with Crippen LogP contribution in [0.1, 0.15) is 75.8 Å². The molecule has 8 aromatic heterocycles. The second-order valence-corrected chi connectivity index (χ2v) is 26.5. The van der Waals surface area contributed by atoms with Crippen molar-refractivity contribution in [3.05, 3.63) is 167 Å². The van der Waals surface area contributed by atoms with Gasteiger partial charge in [-0.2, -0.15) is 0 Å². The van der Waals surface area contributed by atoms with E-state index in [0.717, 1.165) is 204 Å². The summed E-state index contributed by atoms with van der Waals surface area (Å²) in [4.78, 5) is 35.2. The minimum Gasteiger partial charge on any atom is -0.481 e. The molecule has 86 heavy (non-hydrogen) atoms. The fraction of sp³-hybridized carbons (Fsp3) is 0.297. The minimum atomic E-state index is -0.487. The Balaban J connectivity index is 0.000000109. The number of hydrogen-bond donors (Lipinski definition) is 2. The fourth-order valence-corrected chi connectivity index (χ4v) is 16.1. The zero-order valence-electron chi connectivity index (χ0n) is 46.7. The van der Waals surface area contributed by atoms with Crippen LogP contribution in [0.2, 0.25) is 15.1 Å². The number of likely N-dealkylation sites (N-methyl/N-ethyl adjacent to an activating group) is 1. The Morgan fingerprint density at radius 2 is 1.12 bits per heavy atom. The molecular formula is C64H55Cl3N10O6S3. The Labute approximate surface area is 521 Å². The van der Waals surface area contributed by atoms with Gasteiger partial charge in [-0.05, 0) is 110 Å². The minimum absolute atomic E-state index is 0.0795. The molecule has 6 aliphatic heterocycles. The van der Waals surface area contributed by atoms with Crippen molar-refractivity contribution in [1.29, 1.82) is 0 Å². The highest BCUT2D eigenvalue weighted by atomic mass is 35.5. The first kappa shape index (κ1) is 55.5. The first-order valence-electron chi connectivity index (χ1n) is 28.7. The van der Waals surface area contributed by atoms with E-state index in [4.69, 9.17) is 58.1 Å². The SMILES string of the molecule is CN(C)C1CCCN(C(=O)C2Cc3cc(Cl)cc(-c4ccnc5ccsc45)c3O2)C1.Clc1cc2c(c(-c3ccnc4ccsc34)c1)OC(c1onc3c1CNCC3)C2.Clc1cc2c(c(-c3ncnc4ccsc34)c1)OC(c1onc3c1CNCC3)C2. The van der Waals surface area contributed by atoms with E-state index in [2.05, 4.69) is 65.3 Å². The van der Waals surface area contributed by atoms with Crippen molar-refractivity contribution < 1.29 is 28.1 Å². The Morgan fingerprint density at radius 3 is 1.69 bits per heavy atom. The molecule has 4 unspecified atom stereocenters. The van der Waals surface area contributed by atoms with E-state index < -0.39 is 6.10 Å². The summed E-state index contributed by atoms with van der Waals surface area (Å²) < 4.78 is 33.8. The highest BCUT2D eigenvalue weighted by Gasteiger charge is 2.39. The average Bonchev–Trinajstić information content (AvgIpc) is 2.64. The number of nitrogens with zero attached hydrogens (tertiary/aromatic N) is 8. The first-order valence-corrected chi connectivity index (χ1v) is 32.5. The highest BCUT2D eigenvalue weighted by Crippen LogP contribution is 2.50. The summed E-state index contributed by atoms with van der Waals surface area (Å²) in [5, 5.41) is 23.5. The van der Waals surface area contributed by atoms with Gasteiger partial charge in [-0.15, -0.1) is 34.0 Å². The molecular weight excluding hydrogens is 1210 g/mol. The summed E-state index contributed by atoms with van der Waals surface area (Å²) >= 11 is 24.3. The van der Waals surface area contributed by atoms with Crippen LogP contribution < -0.4 is 24.8 Å². The third kappa shape index (κ3) is 10.4. The molecule has 0 radical (unpaired) electrons. The molecule has 1 saturated heterocycles. The van der Waals surface area contributed by atoms with E-state index in [-0.39, 0.29) is 18.1 Å². The van der Waals surface area contributed by atoms with Gasteiger partial charge in [0, 0.05) is 161 Å². The summed E-state index contributed by atoms with van der Waals surface area (Å²) in [7, 11) is 4.16. The number of amides is 1. The van der Waals surface area contributed by atoms with E-state index in [1.54, 1.807) is 40.3 Å². The molecule has 22 heteroatoms. The van der Waals surface area contributed by atoms with Gasteiger partial charge in [0.05, 0.1) is 47.7 Å². The number of benzene rings is 3. The third-order valence-corrected chi connectivity index (χ3v) is 20.4. The number of pyridine rings is 2. The van der Waals surface area contributed by atoms with Gasteiger partial charge in [-0.1, -0.05) is 45.1 Å². The highest BCUT2D eigenvalue weighted by molar-refractivity contribution is 7.18. The quantitative estimate of drug-likeness (QED) is 0.154. The van der Waals surface area contributed by atoms with E-state index in [1.165, 1.54) is 0 Å². The predicted octanol–water partition coefficient (Wildman–Crippen LogP) is 13.7. The van der Waals surface area contributed by atoms with Gasteiger partial charge in [0.25, 0.3) is 5.91 Å². The molecule has 2 N–H and O–H groups in total. The Bertz CT molecular complexity index is 4240. The van der Waals surface area contributed by atoms with Crippen molar-refractivity contribution in [2.45, 2.75) is 82.4 Å². The topological polar surface area (TPSA) is 179 Å². The second-order valence-electron chi connectivity index (χ2n) is 22.4. The molecule has 3 aromatic carbocycles. The number of carbonyl (C=O) groups excluding carboxylic acids is 1. The number of aromatic nitrogens is 6. The van der Waals surface area contributed by atoms with Crippen LogP contribution in [0.3, 0.4) is 0 Å². The number of ether oxygens (including phenoxy) is 3. The van der Waals surface area contributed by atoms with Crippen LogP contribution in [0, 0.1) is 0 Å². The average molecular weight is 1260 g/mol.